The van der Waals surface area contributed by atoms with Crippen LogP contribution in [-0.4, -0.2) is 25.6 Å². The van der Waals surface area contributed by atoms with Crippen LogP contribution in [0.15, 0.2) is 54.6 Å². The van der Waals surface area contributed by atoms with E-state index in [1.54, 1.807) is 0 Å². The molecule has 3 rings (SSSR count). The Bertz CT molecular complexity index is 978. The van der Waals surface area contributed by atoms with E-state index in [1.807, 2.05) is 56.3 Å². The number of nitrogens with zero attached hydrogens (tertiary/aromatic N) is 1. The van der Waals surface area contributed by atoms with E-state index in [1.165, 1.54) is 5.69 Å². The molecule has 0 aliphatic carbocycles. The van der Waals surface area contributed by atoms with E-state index in [0.29, 0.717) is 17.9 Å². The summed E-state index contributed by atoms with van der Waals surface area (Å²) in [6, 6.07) is 17.9. The lowest BCUT2D eigenvalue weighted by molar-refractivity contribution is 0.102. The molecule has 0 radical (unpaired) electrons. The predicted molar refractivity (Wildman–Crippen MR) is 118 cm³/mol. The first kappa shape index (κ1) is 19.7. The third kappa shape index (κ3) is 3.96. The van der Waals surface area contributed by atoms with Crippen LogP contribution in [0.1, 0.15) is 36.7 Å². The van der Waals surface area contributed by atoms with Gasteiger partial charge in [0.15, 0.2) is 0 Å². The highest BCUT2D eigenvalue weighted by molar-refractivity contribution is 6.15. The van der Waals surface area contributed by atoms with Crippen molar-refractivity contribution in [3.63, 3.8) is 0 Å². The van der Waals surface area contributed by atoms with Crippen LogP contribution in [0.2, 0.25) is 0 Å². The summed E-state index contributed by atoms with van der Waals surface area (Å²) >= 11 is 0. The fourth-order valence-electron chi connectivity index (χ4n) is 3.52. The molecular weight excluding hydrogens is 348 g/mol. The smallest absolute Gasteiger partial charge is 0.260 e. The summed E-state index contributed by atoms with van der Waals surface area (Å²) in [5.74, 6) is 0.454. The number of carbonyl (C=O) groups is 1. The summed E-state index contributed by atoms with van der Waals surface area (Å²) in [6.07, 6.45) is 0. The molecular formula is C24H28N2O2. The minimum atomic E-state index is -0.154. The molecule has 0 spiro atoms. The highest BCUT2D eigenvalue weighted by Gasteiger charge is 2.18. The Kier molecular flexibility index (Phi) is 6.19. The van der Waals surface area contributed by atoms with Gasteiger partial charge in [-0.15, -0.1) is 0 Å². The molecule has 0 aliphatic heterocycles. The molecule has 4 heteroatoms. The predicted octanol–water partition coefficient (Wildman–Crippen LogP) is 5.65. The second-order valence-corrected chi connectivity index (χ2v) is 6.72. The quantitative estimate of drug-likeness (QED) is 0.580. The van der Waals surface area contributed by atoms with E-state index in [-0.39, 0.29) is 5.91 Å². The van der Waals surface area contributed by atoms with Crippen LogP contribution < -0.4 is 15.0 Å². The van der Waals surface area contributed by atoms with Gasteiger partial charge in [0.25, 0.3) is 5.91 Å². The summed E-state index contributed by atoms with van der Waals surface area (Å²) in [6.45, 7) is 10.7. The fourth-order valence-corrected chi connectivity index (χ4v) is 3.52. The Morgan fingerprint density at radius 3 is 2.43 bits per heavy atom. The zero-order valence-electron chi connectivity index (χ0n) is 17.1. The van der Waals surface area contributed by atoms with Crippen molar-refractivity contribution in [2.75, 3.05) is 29.9 Å². The van der Waals surface area contributed by atoms with Crippen LogP contribution in [-0.2, 0) is 0 Å². The Labute approximate surface area is 167 Å². The van der Waals surface area contributed by atoms with E-state index >= 15 is 0 Å². The largest absolute Gasteiger partial charge is 0.493 e. The van der Waals surface area contributed by atoms with Crippen molar-refractivity contribution >= 4 is 28.1 Å². The summed E-state index contributed by atoms with van der Waals surface area (Å²) in [7, 11) is 0. The van der Waals surface area contributed by atoms with Gasteiger partial charge < -0.3 is 15.0 Å². The lowest BCUT2D eigenvalue weighted by Gasteiger charge is -2.22. The number of anilines is 2. The summed E-state index contributed by atoms with van der Waals surface area (Å²) in [5.41, 5.74) is 3.60. The zero-order valence-corrected chi connectivity index (χ0v) is 17.1. The summed E-state index contributed by atoms with van der Waals surface area (Å²) in [4.78, 5) is 15.5. The van der Waals surface area contributed by atoms with Crippen LogP contribution in [0.5, 0.6) is 5.75 Å². The highest BCUT2D eigenvalue weighted by Crippen LogP contribution is 2.30. The molecule has 4 nitrogen and oxygen atoms in total. The third-order valence-electron chi connectivity index (χ3n) is 5.00. The molecule has 3 aromatic rings. The number of rotatable bonds is 7. The molecule has 0 saturated carbocycles. The fraction of sp³-hybridized carbons (Fsp3) is 0.292. The molecule has 1 N–H and O–H groups in total. The maximum atomic E-state index is 13.2. The van der Waals surface area contributed by atoms with E-state index in [0.717, 1.165) is 35.1 Å². The van der Waals surface area contributed by atoms with Crippen LogP contribution in [0.3, 0.4) is 0 Å². The highest BCUT2D eigenvalue weighted by atomic mass is 16.5. The van der Waals surface area contributed by atoms with Gasteiger partial charge in [-0.25, -0.2) is 0 Å². The van der Waals surface area contributed by atoms with E-state index in [4.69, 9.17) is 4.74 Å². The van der Waals surface area contributed by atoms with Gasteiger partial charge in [0.2, 0.25) is 0 Å². The lowest BCUT2D eigenvalue weighted by Crippen LogP contribution is -2.22. The van der Waals surface area contributed by atoms with Gasteiger partial charge >= 0.3 is 0 Å². The Balaban J connectivity index is 1.96. The maximum absolute atomic E-state index is 13.2. The lowest BCUT2D eigenvalue weighted by atomic mass is 10.0. The van der Waals surface area contributed by atoms with Crippen LogP contribution in [0.4, 0.5) is 11.4 Å². The van der Waals surface area contributed by atoms with Gasteiger partial charge in [0.05, 0.1) is 12.2 Å². The molecule has 0 saturated heterocycles. The van der Waals surface area contributed by atoms with Crippen molar-refractivity contribution < 1.29 is 9.53 Å². The van der Waals surface area contributed by atoms with Gasteiger partial charge in [-0.05, 0) is 68.3 Å². The average molecular weight is 377 g/mol. The zero-order chi connectivity index (χ0) is 20.1. The Morgan fingerprint density at radius 2 is 1.75 bits per heavy atom. The monoisotopic (exact) mass is 376 g/mol. The van der Waals surface area contributed by atoms with Gasteiger partial charge in [-0.3, -0.25) is 4.79 Å². The molecule has 146 valence electrons. The van der Waals surface area contributed by atoms with Crippen molar-refractivity contribution in [1.29, 1.82) is 0 Å². The van der Waals surface area contributed by atoms with Crippen LogP contribution >= 0.6 is 0 Å². The number of amides is 1. The van der Waals surface area contributed by atoms with Gasteiger partial charge in [-0.1, -0.05) is 30.3 Å². The molecule has 1 amide bonds. The molecule has 0 atom stereocenters. The first-order valence-electron chi connectivity index (χ1n) is 9.90. The van der Waals surface area contributed by atoms with E-state index in [9.17, 15) is 4.79 Å². The molecule has 3 aromatic carbocycles. The number of aryl methyl sites for hydroxylation is 1. The number of hydrogen-bond acceptors (Lipinski definition) is 3. The molecule has 0 aromatic heterocycles. The Hall–Kier alpha value is -3.01. The Morgan fingerprint density at radius 1 is 1.00 bits per heavy atom. The van der Waals surface area contributed by atoms with Crippen molar-refractivity contribution in [2.24, 2.45) is 0 Å². The summed E-state index contributed by atoms with van der Waals surface area (Å²) < 4.78 is 5.75. The molecule has 0 bridgehead atoms. The second-order valence-electron chi connectivity index (χ2n) is 6.72. The number of hydrogen-bond donors (Lipinski definition) is 1. The average Bonchev–Trinajstić information content (AvgIpc) is 2.70. The standard InChI is InChI=1S/C24H28N2O2/c1-5-26(6-2)19-13-14-21(17(4)16-19)25-24(27)23-20-11-9-8-10-18(20)12-15-22(23)28-7-3/h8-16H,5-7H2,1-4H3,(H,25,27). The molecule has 28 heavy (non-hydrogen) atoms. The molecule has 0 aliphatic rings. The van der Waals surface area contributed by atoms with Crippen molar-refractivity contribution in [1.82, 2.24) is 0 Å². The third-order valence-corrected chi connectivity index (χ3v) is 5.00. The minimum Gasteiger partial charge on any atom is -0.493 e. The molecule has 0 heterocycles. The topological polar surface area (TPSA) is 41.6 Å². The number of benzene rings is 3. The first-order valence-corrected chi connectivity index (χ1v) is 9.90. The van der Waals surface area contributed by atoms with Gasteiger partial charge in [0, 0.05) is 24.5 Å². The second kappa shape index (κ2) is 8.79. The SMILES string of the molecule is CCOc1ccc2ccccc2c1C(=O)Nc1ccc(N(CC)CC)cc1C. The number of carbonyl (C=O) groups excluding carboxylic acids is 1. The number of ether oxygens (including phenoxy) is 1. The minimum absolute atomic E-state index is 0.154. The van der Waals surface area contributed by atoms with Gasteiger partial charge in [-0.2, -0.15) is 0 Å². The van der Waals surface area contributed by atoms with E-state index in [2.05, 4.69) is 36.2 Å². The first-order chi connectivity index (χ1) is 13.6. The van der Waals surface area contributed by atoms with Crippen LogP contribution in [0.25, 0.3) is 10.8 Å². The molecule has 0 fully saturated rings. The van der Waals surface area contributed by atoms with Crippen molar-refractivity contribution in [2.45, 2.75) is 27.7 Å². The van der Waals surface area contributed by atoms with E-state index < -0.39 is 0 Å². The maximum Gasteiger partial charge on any atom is 0.260 e. The molecule has 0 unspecified atom stereocenters. The number of nitrogens with one attached hydrogen (secondary N) is 1. The normalized spacial score (nSPS) is 10.7. The van der Waals surface area contributed by atoms with Crippen molar-refractivity contribution in [3.05, 3.63) is 65.7 Å². The summed E-state index contributed by atoms with van der Waals surface area (Å²) in [5, 5.41) is 4.99. The van der Waals surface area contributed by atoms with Gasteiger partial charge in [0.1, 0.15) is 5.75 Å². The number of fused-ring (bicyclic) bond motifs is 1. The van der Waals surface area contributed by atoms with Crippen LogP contribution in [0, 0.1) is 6.92 Å². The van der Waals surface area contributed by atoms with Crippen molar-refractivity contribution in [3.8, 4) is 5.75 Å².